The molecule has 0 radical (unpaired) electrons. The summed E-state index contributed by atoms with van der Waals surface area (Å²) in [7, 11) is 0. The number of fused-ring (bicyclic) bond motifs is 2. The molecule has 3 heterocycles. The van der Waals surface area contributed by atoms with Crippen LogP contribution in [-0.2, 0) is 0 Å². The van der Waals surface area contributed by atoms with Crippen molar-refractivity contribution in [1.82, 2.24) is 14.9 Å². The van der Waals surface area contributed by atoms with Crippen LogP contribution < -0.4 is 4.90 Å². The fourth-order valence-corrected chi connectivity index (χ4v) is 3.91. The van der Waals surface area contributed by atoms with Gasteiger partial charge in [-0.2, -0.15) is 0 Å². The van der Waals surface area contributed by atoms with Gasteiger partial charge in [0, 0.05) is 43.0 Å². The topological polar surface area (TPSA) is 32.3 Å². The van der Waals surface area contributed by atoms with E-state index in [1.165, 1.54) is 0 Å². The lowest BCUT2D eigenvalue weighted by molar-refractivity contribution is 0.317. The molecule has 0 bridgehead atoms. The summed E-state index contributed by atoms with van der Waals surface area (Å²) in [6, 6.07) is 7.20. The normalized spacial score (nSPS) is 18.9. The van der Waals surface area contributed by atoms with Gasteiger partial charge in [0.1, 0.15) is 12.0 Å². The highest BCUT2D eigenvalue weighted by atomic mass is 19.2. The van der Waals surface area contributed by atoms with Gasteiger partial charge in [-0.15, -0.1) is 0 Å². The Hall–Kier alpha value is -3.09. The molecular formula is C20H15F3N4. The van der Waals surface area contributed by atoms with Crippen molar-refractivity contribution in [3.8, 4) is 0 Å². The predicted octanol–water partition coefficient (Wildman–Crippen LogP) is 4.50. The second-order valence-electron chi connectivity index (χ2n) is 6.72. The lowest BCUT2D eigenvalue weighted by Crippen LogP contribution is -2.31. The fourth-order valence-electron chi connectivity index (χ4n) is 3.91. The first kappa shape index (κ1) is 16.1. The van der Waals surface area contributed by atoms with E-state index in [2.05, 4.69) is 14.9 Å². The Morgan fingerprint density at radius 2 is 1.67 bits per heavy atom. The molecule has 136 valence electrons. The van der Waals surface area contributed by atoms with Gasteiger partial charge in [-0.05, 0) is 30.5 Å². The maximum Gasteiger partial charge on any atom is 0.161 e. The molecule has 0 N–H and O–H groups in total. The first-order valence-electron chi connectivity index (χ1n) is 8.73. The van der Waals surface area contributed by atoms with Crippen LogP contribution >= 0.6 is 0 Å². The first-order valence-corrected chi connectivity index (χ1v) is 8.73. The van der Waals surface area contributed by atoms with Crippen molar-refractivity contribution < 1.29 is 13.2 Å². The summed E-state index contributed by atoms with van der Waals surface area (Å²) in [6.45, 7) is 0.816. The summed E-state index contributed by atoms with van der Waals surface area (Å²) in [5.74, 6) is -3.06. The number of hydrogen-bond acceptors (Lipinski definition) is 4. The molecule has 0 saturated carbocycles. The second kappa shape index (κ2) is 5.97. The Bertz CT molecular complexity index is 1080. The number of halogens is 3. The summed E-state index contributed by atoms with van der Waals surface area (Å²) >= 11 is 0. The molecule has 2 aromatic carbocycles. The van der Waals surface area contributed by atoms with Crippen LogP contribution in [0, 0.1) is 17.5 Å². The Morgan fingerprint density at radius 3 is 2.52 bits per heavy atom. The van der Waals surface area contributed by atoms with Gasteiger partial charge in [0.2, 0.25) is 0 Å². The minimum absolute atomic E-state index is 0.0139. The molecule has 4 nitrogen and oxygen atoms in total. The maximum absolute atomic E-state index is 14.5. The molecule has 2 aliphatic heterocycles. The molecule has 1 aromatic heterocycles. The smallest absolute Gasteiger partial charge is 0.161 e. The largest absolute Gasteiger partial charge is 0.349 e. The number of allylic oxidation sites excluding steroid dienone is 1. The number of aromatic nitrogens is 2. The van der Waals surface area contributed by atoms with E-state index >= 15 is 0 Å². The van der Waals surface area contributed by atoms with E-state index in [0.717, 1.165) is 47.7 Å². The maximum atomic E-state index is 14.5. The van der Waals surface area contributed by atoms with Crippen LogP contribution in [-0.4, -0.2) is 21.4 Å². The van der Waals surface area contributed by atoms with Gasteiger partial charge in [-0.3, -0.25) is 9.97 Å². The van der Waals surface area contributed by atoms with Crippen molar-refractivity contribution in [2.24, 2.45) is 0 Å². The van der Waals surface area contributed by atoms with Crippen molar-refractivity contribution in [1.29, 1.82) is 0 Å². The zero-order valence-electron chi connectivity index (χ0n) is 14.2. The van der Waals surface area contributed by atoms with Crippen molar-refractivity contribution in [3.63, 3.8) is 0 Å². The van der Waals surface area contributed by atoms with Crippen LogP contribution in [0.3, 0.4) is 0 Å². The van der Waals surface area contributed by atoms with Crippen LogP contribution in [0.1, 0.15) is 24.6 Å². The van der Waals surface area contributed by atoms with Crippen molar-refractivity contribution in [2.45, 2.75) is 19.0 Å². The molecule has 1 atom stereocenters. The van der Waals surface area contributed by atoms with Gasteiger partial charge < -0.3 is 9.80 Å². The molecule has 0 spiro atoms. The lowest BCUT2D eigenvalue weighted by atomic mass is 10.1. The highest BCUT2D eigenvalue weighted by Crippen LogP contribution is 2.44. The van der Waals surface area contributed by atoms with Gasteiger partial charge in [-0.1, -0.05) is 6.07 Å². The fraction of sp³-hybridized carbons (Fsp3) is 0.200. The van der Waals surface area contributed by atoms with E-state index in [0.29, 0.717) is 6.07 Å². The third-order valence-corrected chi connectivity index (χ3v) is 5.11. The van der Waals surface area contributed by atoms with Crippen LogP contribution in [0.5, 0.6) is 0 Å². The molecule has 0 aliphatic carbocycles. The quantitative estimate of drug-likeness (QED) is 0.624. The van der Waals surface area contributed by atoms with Crippen molar-refractivity contribution >= 4 is 16.7 Å². The van der Waals surface area contributed by atoms with Gasteiger partial charge in [0.15, 0.2) is 11.6 Å². The zero-order valence-corrected chi connectivity index (χ0v) is 14.2. The highest BCUT2D eigenvalue weighted by molar-refractivity contribution is 5.75. The van der Waals surface area contributed by atoms with E-state index < -0.39 is 17.5 Å². The van der Waals surface area contributed by atoms with E-state index in [4.69, 9.17) is 0 Å². The lowest BCUT2D eigenvalue weighted by Gasteiger charge is -2.32. The monoisotopic (exact) mass is 368 g/mol. The van der Waals surface area contributed by atoms with Gasteiger partial charge in [0.05, 0.1) is 16.7 Å². The number of hydrogen-bond donors (Lipinski definition) is 0. The van der Waals surface area contributed by atoms with Crippen molar-refractivity contribution in [2.75, 3.05) is 11.4 Å². The average molecular weight is 368 g/mol. The third kappa shape index (κ3) is 2.53. The van der Waals surface area contributed by atoms with Crippen LogP contribution in [0.4, 0.5) is 18.9 Å². The van der Waals surface area contributed by atoms with Crippen molar-refractivity contribution in [3.05, 3.63) is 77.6 Å². The zero-order chi connectivity index (χ0) is 18.5. The van der Waals surface area contributed by atoms with Gasteiger partial charge >= 0.3 is 0 Å². The van der Waals surface area contributed by atoms with Crippen LogP contribution in [0.2, 0.25) is 0 Å². The predicted molar refractivity (Wildman–Crippen MR) is 95.1 cm³/mol. The van der Waals surface area contributed by atoms with Crippen LogP contribution in [0.15, 0.2) is 54.6 Å². The average Bonchev–Trinajstić information content (AvgIpc) is 3.25. The van der Waals surface area contributed by atoms with Crippen LogP contribution in [0.25, 0.3) is 11.0 Å². The number of nitrogens with zero attached hydrogens (tertiary/aromatic N) is 4. The summed E-state index contributed by atoms with van der Waals surface area (Å²) < 4.78 is 41.7. The molecule has 0 amide bonds. The summed E-state index contributed by atoms with van der Waals surface area (Å²) in [4.78, 5) is 12.4. The van der Waals surface area contributed by atoms with E-state index in [1.807, 2.05) is 24.4 Å². The highest BCUT2D eigenvalue weighted by Gasteiger charge is 2.38. The molecule has 3 aromatic rings. The Morgan fingerprint density at radius 1 is 0.889 bits per heavy atom. The van der Waals surface area contributed by atoms with Gasteiger partial charge in [0.25, 0.3) is 0 Å². The molecule has 7 heteroatoms. The first-order chi connectivity index (χ1) is 13.1. The third-order valence-electron chi connectivity index (χ3n) is 5.11. The minimum atomic E-state index is -1.19. The Balaban J connectivity index is 1.65. The summed E-state index contributed by atoms with van der Waals surface area (Å²) in [6.07, 6.45) is 6.60. The van der Waals surface area contributed by atoms with E-state index in [9.17, 15) is 13.2 Å². The molecule has 1 unspecified atom stereocenters. The molecule has 2 aliphatic rings. The molecule has 1 fully saturated rings. The molecule has 5 rings (SSSR count). The second-order valence-corrected chi connectivity index (χ2v) is 6.72. The summed E-state index contributed by atoms with van der Waals surface area (Å²) in [5, 5.41) is 0. The standard InChI is InChI=1S/C20H15F3N4/c21-14-9-16(23)19(10-15(14)22)27-11-13-2-1-7-26(13)20(27)12-3-4-17-18(8-12)25-6-5-24-17/h3-6,8-11,20H,1-2,7H2. The van der Waals surface area contributed by atoms with Gasteiger partial charge in [-0.25, -0.2) is 13.2 Å². The van der Waals surface area contributed by atoms with E-state index in [1.54, 1.807) is 17.3 Å². The number of rotatable bonds is 2. The SMILES string of the molecule is Fc1cc(F)c(N2C=C3CCCN3C2c2ccc3nccnc3c2)cc1F. The molecule has 27 heavy (non-hydrogen) atoms. The number of anilines is 1. The molecular weight excluding hydrogens is 353 g/mol. The molecule has 1 saturated heterocycles. The number of benzene rings is 2. The Kier molecular flexibility index (Phi) is 3.56. The minimum Gasteiger partial charge on any atom is -0.349 e. The Labute approximate surface area is 153 Å². The summed E-state index contributed by atoms with van der Waals surface area (Å²) in [5.41, 5.74) is 3.46. The van der Waals surface area contributed by atoms with E-state index in [-0.39, 0.29) is 11.9 Å².